The highest BCUT2D eigenvalue weighted by atomic mass is 16.4. The Morgan fingerprint density at radius 2 is 1.94 bits per heavy atom. The van der Waals surface area contributed by atoms with Crippen molar-refractivity contribution < 1.29 is 15.0 Å². The minimum atomic E-state index is -0.880. The Labute approximate surface area is 100 Å². The summed E-state index contributed by atoms with van der Waals surface area (Å²) in [4.78, 5) is 11.0. The van der Waals surface area contributed by atoms with Crippen molar-refractivity contribution in [3.05, 3.63) is 24.3 Å². The van der Waals surface area contributed by atoms with E-state index in [9.17, 15) is 4.79 Å². The molecule has 5 heteroatoms. The van der Waals surface area contributed by atoms with Gasteiger partial charge in [-0.2, -0.15) is 0 Å². The molecule has 0 aliphatic heterocycles. The van der Waals surface area contributed by atoms with Gasteiger partial charge in [0.25, 0.3) is 0 Å². The molecule has 0 heterocycles. The van der Waals surface area contributed by atoms with E-state index in [1.165, 1.54) is 12.1 Å². The van der Waals surface area contributed by atoms with Gasteiger partial charge in [-0.25, -0.2) is 4.79 Å². The van der Waals surface area contributed by atoms with Gasteiger partial charge in [0.2, 0.25) is 0 Å². The van der Waals surface area contributed by atoms with E-state index < -0.39 is 12.0 Å². The normalized spacial score (nSPS) is 12.1. The summed E-state index contributed by atoms with van der Waals surface area (Å²) in [6.45, 7) is 0.575. The van der Waals surface area contributed by atoms with Crippen LogP contribution in [0.1, 0.15) is 19.3 Å². The largest absolute Gasteiger partial charge is 0.508 e. The number of benzene rings is 1. The molecule has 1 atom stereocenters. The van der Waals surface area contributed by atoms with E-state index >= 15 is 0 Å². The van der Waals surface area contributed by atoms with Crippen molar-refractivity contribution in [1.29, 1.82) is 0 Å². The molecule has 0 aliphatic carbocycles. The van der Waals surface area contributed by atoms with E-state index in [0.29, 0.717) is 18.7 Å². The van der Waals surface area contributed by atoms with E-state index in [2.05, 4.69) is 5.32 Å². The number of carboxylic acid groups (broad SMARTS) is 1. The van der Waals surface area contributed by atoms with Crippen LogP contribution in [0.5, 0.6) is 5.75 Å². The molecule has 1 aromatic rings. The molecule has 0 spiro atoms. The maximum absolute atomic E-state index is 11.0. The quantitative estimate of drug-likeness (QED) is 0.425. The smallest absolute Gasteiger partial charge is 0.326 e. The maximum atomic E-state index is 11.0. The second kappa shape index (κ2) is 6.75. The minimum absolute atomic E-state index is 0.158. The van der Waals surface area contributed by atoms with Crippen molar-refractivity contribution in [1.82, 2.24) is 0 Å². The number of anilines is 1. The Kier molecular flexibility index (Phi) is 5.29. The first-order valence-electron chi connectivity index (χ1n) is 5.62. The number of carboxylic acids is 1. The fourth-order valence-electron chi connectivity index (χ4n) is 1.51. The van der Waals surface area contributed by atoms with Crippen LogP contribution in [0.15, 0.2) is 24.3 Å². The highest BCUT2D eigenvalue weighted by molar-refractivity contribution is 5.77. The van der Waals surface area contributed by atoms with Gasteiger partial charge in [0, 0.05) is 5.69 Å². The Morgan fingerprint density at radius 1 is 1.29 bits per heavy atom. The molecule has 0 amide bonds. The molecule has 0 aliphatic rings. The van der Waals surface area contributed by atoms with E-state index in [0.717, 1.165) is 12.8 Å². The molecular weight excluding hydrogens is 220 g/mol. The molecule has 1 aromatic carbocycles. The van der Waals surface area contributed by atoms with E-state index in [1.807, 2.05) is 0 Å². The lowest BCUT2D eigenvalue weighted by atomic mass is 10.1. The zero-order chi connectivity index (χ0) is 12.7. The third-order valence-electron chi connectivity index (χ3n) is 2.45. The number of carbonyl (C=O) groups is 1. The van der Waals surface area contributed by atoms with Crippen LogP contribution >= 0.6 is 0 Å². The summed E-state index contributed by atoms with van der Waals surface area (Å²) in [5.41, 5.74) is 6.05. The van der Waals surface area contributed by atoms with Gasteiger partial charge in [-0.3, -0.25) is 0 Å². The molecule has 0 aromatic heterocycles. The van der Waals surface area contributed by atoms with Gasteiger partial charge < -0.3 is 21.3 Å². The molecule has 0 saturated heterocycles. The van der Waals surface area contributed by atoms with Crippen molar-refractivity contribution in [3.63, 3.8) is 0 Å². The van der Waals surface area contributed by atoms with Gasteiger partial charge >= 0.3 is 5.97 Å². The van der Waals surface area contributed by atoms with Crippen LogP contribution in [-0.4, -0.2) is 28.8 Å². The van der Waals surface area contributed by atoms with Crippen LogP contribution in [0.2, 0.25) is 0 Å². The number of unbranched alkanes of at least 4 members (excludes halogenated alkanes) is 1. The van der Waals surface area contributed by atoms with Crippen molar-refractivity contribution in [2.24, 2.45) is 5.73 Å². The predicted octanol–water partition coefficient (Wildman–Crippen LogP) is 1.39. The lowest BCUT2D eigenvalue weighted by Crippen LogP contribution is -2.29. The molecular formula is C12H18N2O3. The second-order valence-electron chi connectivity index (χ2n) is 3.87. The van der Waals surface area contributed by atoms with Gasteiger partial charge in [0.1, 0.15) is 11.8 Å². The molecule has 0 fully saturated rings. The fraction of sp³-hybridized carbons (Fsp3) is 0.417. The van der Waals surface area contributed by atoms with E-state index in [4.69, 9.17) is 15.9 Å². The molecule has 0 radical (unpaired) electrons. The molecule has 94 valence electrons. The van der Waals surface area contributed by atoms with Gasteiger partial charge in [-0.1, -0.05) is 0 Å². The van der Waals surface area contributed by atoms with Gasteiger partial charge in [0.15, 0.2) is 0 Å². The Morgan fingerprint density at radius 3 is 2.47 bits per heavy atom. The van der Waals surface area contributed by atoms with Crippen LogP contribution in [0.4, 0.5) is 5.69 Å². The number of phenols is 1. The Bertz CT molecular complexity index is 351. The summed E-state index contributed by atoms with van der Waals surface area (Å²) >= 11 is 0. The highest BCUT2D eigenvalue weighted by Gasteiger charge is 2.16. The van der Waals surface area contributed by atoms with Gasteiger partial charge in [0.05, 0.1) is 0 Å². The lowest BCUT2D eigenvalue weighted by Gasteiger charge is -2.15. The van der Waals surface area contributed by atoms with Crippen LogP contribution in [0.25, 0.3) is 0 Å². The third-order valence-corrected chi connectivity index (χ3v) is 2.45. The summed E-state index contributed by atoms with van der Waals surface area (Å²) in [6.07, 6.45) is 2.13. The number of nitrogens with one attached hydrogen (secondary N) is 1. The minimum Gasteiger partial charge on any atom is -0.508 e. The number of aromatic hydroxyl groups is 1. The zero-order valence-electron chi connectivity index (χ0n) is 9.60. The molecule has 0 saturated carbocycles. The first-order valence-corrected chi connectivity index (χ1v) is 5.62. The molecule has 0 bridgehead atoms. The topological polar surface area (TPSA) is 95.6 Å². The van der Waals surface area contributed by atoms with Crippen LogP contribution < -0.4 is 11.1 Å². The number of nitrogens with two attached hydrogens (primary N) is 1. The van der Waals surface area contributed by atoms with Gasteiger partial charge in [-0.15, -0.1) is 0 Å². The van der Waals surface area contributed by atoms with Crippen LogP contribution in [-0.2, 0) is 4.79 Å². The molecule has 5 nitrogen and oxygen atoms in total. The first-order chi connectivity index (χ1) is 8.13. The van der Waals surface area contributed by atoms with E-state index in [-0.39, 0.29) is 5.75 Å². The average Bonchev–Trinajstić information content (AvgIpc) is 2.30. The van der Waals surface area contributed by atoms with Crippen molar-refractivity contribution in [2.75, 3.05) is 11.9 Å². The van der Waals surface area contributed by atoms with E-state index in [1.54, 1.807) is 12.1 Å². The van der Waals surface area contributed by atoms with Crippen LogP contribution in [0.3, 0.4) is 0 Å². The average molecular weight is 238 g/mol. The highest BCUT2D eigenvalue weighted by Crippen LogP contribution is 2.16. The summed E-state index contributed by atoms with van der Waals surface area (Å²) in [7, 11) is 0. The molecule has 5 N–H and O–H groups in total. The standard InChI is InChI=1S/C12H18N2O3/c13-8-2-1-3-11(12(16)17)14-9-4-6-10(15)7-5-9/h4-7,11,14-15H,1-3,8,13H2,(H,16,17). The summed E-state index contributed by atoms with van der Waals surface area (Å²) in [5.74, 6) is -0.722. The fourth-order valence-corrected chi connectivity index (χ4v) is 1.51. The second-order valence-corrected chi connectivity index (χ2v) is 3.87. The van der Waals surface area contributed by atoms with Crippen molar-refractivity contribution in [2.45, 2.75) is 25.3 Å². The SMILES string of the molecule is NCCCCC(Nc1ccc(O)cc1)C(=O)O. The molecule has 1 rings (SSSR count). The first kappa shape index (κ1) is 13.3. The van der Waals surface area contributed by atoms with Crippen molar-refractivity contribution in [3.8, 4) is 5.75 Å². The number of phenolic OH excluding ortho intramolecular Hbond substituents is 1. The van der Waals surface area contributed by atoms with Crippen molar-refractivity contribution >= 4 is 11.7 Å². The zero-order valence-corrected chi connectivity index (χ0v) is 9.60. The van der Waals surface area contributed by atoms with Crippen LogP contribution in [0, 0.1) is 0 Å². The van der Waals surface area contributed by atoms with Gasteiger partial charge in [-0.05, 0) is 50.1 Å². The molecule has 1 unspecified atom stereocenters. The monoisotopic (exact) mass is 238 g/mol. The summed E-state index contributed by atoms with van der Waals surface area (Å²) in [6, 6.07) is 5.70. The summed E-state index contributed by atoms with van der Waals surface area (Å²) in [5, 5.41) is 21.1. The number of rotatable bonds is 7. The number of aliphatic carboxylic acids is 1. The Hall–Kier alpha value is -1.75. The number of hydrogen-bond donors (Lipinski definition) is 4. The Balaban J connectivity index is 2.54. The summed E-state index contributed by atoms with van der Waals surface area (Å²) < 4.78 is 0. The maximum Gasteiger partial charge on any atom is 0.326 e. The lowest BCUT2D eigenvalue weighted by molar-refractivity contribution is -0.138. The third kappa shape index (κ3) is 4.74. The predicted molar refractivity (Wildman–Crippen MR) is 66.1 cm³/mol. The number of hydrogen-bond acceptors (Lipinski definition) is 4. The molecule has 17 heavy (non-hydrogen) atoms.